The van der Waals surface area contributed by atoms with Crippen LogP contribution in [0.4, 0.5) is 11.5 Å². The Morgan fingerprint density at radius 3 is 2.61 bits per heavy atom. The Balaban J connectivity index is 2.22. The summed E-state index contributed by atoms with van der Waals surface area (Å²) in [5.41, 5.74) is 8.46. The molecule has 0 radical (unpaired) electrons. The number of carbonyl (C=O) groups excluding carboxylic acids is 1. The molecule has 5 nitrogen and oxygen atoms in total. The number of nitrogens with zero attached hydrogens (tertiary/aromatic N) is 2. The van der Waals surface area contributed by atoms with Gasteiger partial charge in [0.15, 0.2) is 5.82 Å². The molecule has 0 atom stereocenters. The molecule has 5 heteroatoms. The number of aryl methyl sites for hydroxylation is 1. The first-order valence-electron chi connectivity index (χ1n) is 5.54. The van der Waals surface area contributed by atoms with Crippen LogP contribution in [0.15, 0.2) is 30.3 Å². The van der Waals surface area contributed by atoms with Crippen LogP contribution >= 0.6 is 0 Å². The Labute approximate surface area is 105 Å². The van der Waals surface area contributed by atoms with Crippen molar-refractivity contribution in [1.82, 2.24) is 10.2 Å². The second-order valence-electron chi connectivity index (χ2n) is 4.03. The molecule has 2 rings (SSSR count). The molecule has 2 aromatic rings. The van der Waals surface area contributed by atoms with Crippen molar-refractivity contribution in [3.05, 3.63) is 47.2 Å². The summed E-state index contributed by atoms with van der Waals surface area (Å²) in [5, 5.41) is 10.4. The topological polar surface area (TPSA) is 80.9 Å². The van der Waals surface area contributed by atoms with Gasteiger partial charge in [-0.15, -0.1) is 5.10 Å². The number of amides is 1. The molecule has 18 heavy (non-hydrogen) atoms. The number of hydrogen-bond acceptors (Lipinski definition) is 4. The van der Waals surface area contributed by atoms with Crippen molar-refractivity contribution in [2.24, 2.45) is 0 Å². The molecule has 3 N–H and O–H groups in total. The monoisotopic (exact) mass is 242 g/mol. The third-order valence-corrected chi connectivity index (χ3v) is 2.66. The largest absolute Gasteiger partial charge is 0.398 e. The minimum absolute atomic E-state index is 0.238. The van der Waals surface area contributed by atoms with E-state index in [0.29, 0.717) is 17.1 Å². The van der Waals surface area contributed by atoms with Gasteiger partial charge >= 0.3 is 0 Å². The molecule has 0 spiro atoms. The summed E-state index contributed by atoms with van der Waals surface area (Å²) in [7, 11) is 0. The number of nitrogens with one attached hydrogen (secondary N) is 1. The maximum absolute atomic E-state index is 12.0. The molecular weight excluding hydrogens is 228 g/mol. The number of rotatable bonds is 2. The number of carbonyl (C=O) groups is 1. The van der Waals surface area contributed by atoms with E-state index in [1.54, 1.807) is 30.3 Å². The SMILES string of the molecule is Cc1ccc(NC(=O)c2cccc(N)c2C)nn1. The first kappa shape index (κ1) is 12.0. The molecule has 0 saturated carbocycles. The number of hydrogen-bond donors (Lipinski definition) is 2. The summed E-state index contributed by atoms with van der Waals surface area (Å²) < 4.78 is 0. The zero-order valence-electron chi connectivity index (χ0n) is 10.3. The fourth-order valence-electron chi connectivity index (χ4n) is 1.55. The highest BCUT2D eigenvalue weighted by Gasteiger charge is 2.11. The molecular formula is C13H14N4O. The molecule has 92 valence electrons. The van der Waals surface area contributed by atoms with Gasteiger partial charge in [-0.3, -0.25) is 4.79 Å². The lowest BCUT2D eigenvalue weighted by atomic mass is 10.1. The Morgan fingerprint density at radius 1 is 1.17 bits per heavy atom. The Kier molecular flexibility index (Phi) is 3.23. The molecule has 0 aliphatic carbocycles. The predicted octanol–water partition coefficient (Wildman–Crippen LogP) is 1.93. The van der Waals surface area contributed by atoms with Gasteiger partial charge in [-0.25, -0.2) is 0 Å². The van der Waals surface area contributed by atoms with E-state index in [9.17, 15) is 4.79 Å². The summed E-state index contributed by atoms with van der Waals surface area (Å²) >= 11 is 0. The highest BCUT2D eigenvalue weighted by atomic mass is 16.1. The van der Waals surface area contributed by atoms with Gasteiger partial charge in [0.25, 0.3) is 5.91 Å². The molecule has 0 unspecified atom stereocenters. The fraction of sp³-hybridized carbons (Fsp3) is 0.154. The maximum atomic E-state index is 12.0. The number of nitrogens with two attached hydrogens (primary N) is 1. The van der Waals surface area contributed by atoms with Crippen LogP contribution in [-0.4, -0.2) is 16.1 Å². The van der Waals surface area contributed by atoms with E-state index in [1.807, 2.05) is 13.8 Å². The van der Waals surface area contributed by atoms with Gasteiger partial charge in [0.1, 0.15) is 0 Å². The van der Waals surface area contributed by atoms with Crippen molar-refractivity contribution in [3.63, 3.8) is 0 Å². The predicted molar refractivity (Wildman–Crippen MR) is 70.3 cm³/mol. The van der Waals surface area contributed by atoms with Crippen LogP contribution in [0, 0.1) is 13.8 Å². The lowest BCUT2D eigenvalue weighted by Gasteiger charge is -2.08. The first-order chi connectivity index (χ1) is 8.58. The average Bonchev–Trinajstić information content (AvgIpc) is 2.35. The Bertz CT molecular complexity index is 578. The van der Waals surface area contributed by atoms with Crippen LogP contribution in [0.2, 0.25) is 0 Å². The molecule has 0 saturated heterocycles. The highest BCUT2D eigenvalue weighted by molar-refractivity contribution is 6.05. The number of nitrogen functional groups attached to an aromatic ring is 1. The molecule has 1 aromatic heterocycles. The van der Waals surface area contributed by atoms with Gasteiger partial charge in [0.05, 0.1) is 5.69 Å². The number of anilines is 2. The van der Waals surface area contributed by atoms with Crippen molar-refractivity contribution in [2.75, 3.05) is 11.1 Å². The summed E-state index contributed by atoms with van der Waals surface area (Å²) in [5.74, 6) is 0.186. The van der Waals surface area contributed by atoms with Crippen LogP contribution in [0.25, 0.3) is 0 Å². The zero-order chi connectivity index (χ0) is 13.1. The van der Waals surface area contributed by atoms with E-state index in [4.69, 9.17) is 5.73 Å². The van der Waals surface area contributed by atoms with E-state index < -0.39 is 0 Å². The number of benzene rings is 1. The lowest BCUT2D eigenvalue weighted by molar-refractivity contribution is 0.102. The smallest absolute Gasteiger partial charge is 0.257 e. The molecule has 0 aliphatic rings. The third-order valence-electron chi connectivity index (χ3n) is 2.66. The van der Waals surface area contributed by atoms with E-state index >= 15 is 0 Å². The van der Waals surface area contributed by atoms with Crippen LogP contribution in [0.3, 0.4) is 0 Å². The number of aromatic nitrogens is 2. The van der Waals surface area contributed by atoms with Crippen LogP contribution in [-0.2, 0) is 0 Å². The molecule has 1 aromatic carbocycles. The normalized spacial score (nSPS) is 10.1. The third kappa shape index (κ3) is 2.45. The van der Waals surface area contributed by atoms with Crippen LogP contribution in [0.5, 0.6) is 0 Å². The van der Waals surface area contributed by atoms with E-state index in [2.05, 4.69) is 15.5 Å². The van der Waals surface area contributed by atoms with E-state index in [1.165, 1.54) is 0 Å². The molecule has 1 heterocycles. The van der Waals surface area contributed by atoms with Crippen LogP contribution in [0.1, 0.15) is 21.6 Å². The Morgan fingerprint density at radius 2 is 1.94 bits per heavy atom. The summed E-state index contributed by atoms with van der Waals surface area (Å²) in [6.45, 7) is 3.64. The van der Waals surface area contributed by atoms with Gasteiger partial charge in [0.2, 0.25) is 0 Å². The van der Waals surface area contributed by atoms with Gasteiger partial charge in [-0.2, -0.15) is 5.10 Å². The van der Waals surface area contributed by atoms with Gasteiger partial charge < -0.3 is 11.1 Å². The summed E-state index contributed by atoms with van der Waals surface area (Å²) in [6, 6.07) is 8.73. The zero-order valence-corrected chi connectivity index (χ0v) is 10.3. The fourth-order valence-corrected chi connectivity index (χ4v) is 1.55. The average molecular weight is 242 g/mol. The van der Waals surface area contributed by atoms with Crippen LogP contribution < -0.4 is 11.1 Å². The maximum Gasteiger partial charge on any atom is 0.257 e. The Hall–Kier alpha value is -2.43. The van der Waals surface area contributed by atoms with E-state index in [0.717, 1.165) is 11.3 Å². The highest BCUT2D eigenvalue weighted by Crippen LogP contribution is 2.16. The first-order valence-corrected chi connectivity index (χ1v) is 5.54. The van der Waals surface area contributed by atoms with Crippen molar-refractivity contribution in [1.29, 1.82) is 0 Å². The van der Waals surface area contributed by atoms with Gasteiger partial charge in [-0.1, -0.05) is 6.07 Å². The second-order valence-corrected chi connectivity index (χ2v) is 4.03. The van der Waals surface area contributed by atoms with Crippen molar-refractivity contribution in [3.8, 4) is 0 Å². The summed E-state index contributed by atoms with van der Waals surface area (Å²) in [6.07, 6.45) is 0. The quantitative estimate of drug-likeness (QED) is 0.788. The standard InChI is InChI=1S/C13H14N4O/c1-8-6-7-12(17-16-8)15-13(18)10-4-3-5-11(14)9(10)2/h3-7H,14H2,1-2H3,(H,15,17,18). The second kappa shape index (κ2) is 4.83. The van der Waals surface area contributed by atoms with Crippen molar-refractivity contribution in [2.45, 2.75) is 13.8 Å². The van der Waals surface area contributed by atoms with Crippen molar-refractivity contribution >= 4 is 17.4 Å². The molecule has 0 bridgehead atoms. The lowest BCUT2D eigenvalue weighted by Crippen LogP contribution is -2.15. The molecule has 0 fully saturated rings. The van der Waals surface area contributed by atoms with E-state index in [-0.39, 0.29) is 5.91 Å². The molecule has 1 amide bonds. The minimum atomic E-state index is -0.238. The summed E-state index contributed by atoms with van der Waals surface area (Å²) in [4.78, 5) is 12.0. The van der Waals surface area contributed by atoms with Gasteiger partial charge in [-0.05, 0) is 43.7 Å². The van der Waals surface area contributed by atoms with Crippen molar-refractivity contribution < 1.29 is 4.79 Å². The molecule has 0 aliphatic heterocycles. The minimum Gasteiger partial charge on any atom is -0.398 e. The van der Waals surface area contributed by atoms with Gasteiger partial charge in [0, 0.05) is 11.3 Å².